The van der Waals surface area contributed by atoms with Crippen LogP contribution in [0.4, 0.5) is 0 Å². The van der Waals surface area contributed by atoms with E-state index in [1.807, 2.05) is 19.1 Å². The largest absolute Gasteiger partial charge is 0.490 e. The van der Waals surface area contributed by atoms with Gasteiger partial charge in [-0.05, 0) is 37.6 Å². The van der Waals surface area contributed by atoms with Crippen molar-refractivity contribution >= 4 is 5.97 Å². The molecule has 0 bridgehead atoms. The van der Waals surface area contributed by atoms with Gasteiger partial charge < -0.3 is 24.6 Å². The Kier molecular flexibility index (Phi) is 8.23. The zero-order valence-electron chi connectivity index (χ0n) is 12.6. The normalized spacial score (nSPS) is 10.4. The van der Waals surface area contributed by atoms with Crippen LogP contribution in [0.3, 0.4) is 0 Å². The fourth-order valence-corrected chi connectivity index (χ4v) is 1.76. The van der Waals surface area contributed by atoms with Gasteiger partial charge in [0.1, 0.15) is 0 Å². The predicted molar refractivity (Wildman–Crippen MR) is 78.9 cm³/mol. The molecule has 0 fully saturated rings. The molecule has 0 aliphatic carbocycles. The summed E-state index contributed by atoms with van der Waals surface area (Å²) in [6.07, 6.45) is 0.953. The first-order valence-electron chi connectivity index (χ1n) is 6.97. The summed E-state index contributed by atoms with van der Waals surface area (Å²) < 4.78 is 15.7. The predicted octanol–water partition coefficient (Wildman–Crippen LogP) is 1.67. The summed E-state index contributed by atoms with van der Waals surface area (Å²) in [5.74, 6) is -0.00124. The minimum absolute atomic E-state index is 0.380. The first-order chi connectivity index (χ1) is 10.2. The van der Waals surface area contributed by atoms with Gasteiger partial charge in [0.25, 0.3) is 0 Å². The van der Waals surface area contributed by atoms with Crippen molar-refractivity contribution in [3.63, 3.8) is 0 Å². The topological polar surface area (TPSA) is 77.0 Å². The van der Waals surface area contributed by atoms with Gasteiger partial charge in [-0.15, -0.1) is 0 Å². The molecule has 0 amide bonds. The summed E-state index contributed by atoms with van der Waals surface area (Å²) in [6, 6.07) is 5.49. The van der Waals surface area contributed by atoms with E-state index >= 15 is 0 Å². The van der Waals surface area contributed by atoms with E-state index in [9.17, 15) is 4.79 Å². The van der Waals surface area contributed by atoms with Crippen LogP contribution >= 0.6 is 0 Å². The Morgan fingerprint density at radius 2 is 2.10 bits per heavy atom. The van der Waals surface area contributed by atoms with Crippen molar-refractivity contribution in [3.8, 4) is 11.5 Å². The number of ether oxygens (including phenoxy) is 3. The molecule has 0 unspecified atom stereocenters. The number of carboxylic acids is 1. The Morgan fingerprint density at radius 1 is 1.29 bits per heavy atom. The number of rotatable bonds is 11. The molecule has 0 saturated carbocycles. The van der Waals surface area contributed by atoms with Gasteiger partial charge in [-0.1, -0.05) is 6.07 Å². The molecule has 2 N–H and O–H groups in total. The van der Waals surface area contributed by atoms with E-state index in [1.165, 1.54) is 0 Å². The van der Waals surface area contributed by atoms with Crippen LogP contribution in [-0.2, 0) is 16.1 Å². The van der Waals surface area contributed by atoms with Crippen molar-refractivity contribution < 1.29 is 24.1 Å². The number of nitrogens with one attached hydrogen (secondary N) is 1. The van der Waals surface area contributed by atoms with E-state index in [-0.39, 0.29) is 6.61 Å². The maximum absolute atomic E-state index is 10.6. The Balaban J connectivity index is 2.57. The second kappa shape index (κ2) is 10.0. The maximum Gasteiger partial charge on any atom is 0.341 e. The van der Waals surface area contributed by atoms with Crippen LogP contribution in [0.2, 0.25) is 0 Å². The SMILES string of the molecule is CCOc1cc(CNCCCOC)ccc1OCC(=O)O. The number of aliphatic carboxylic acids is 1. The first-order valence-corrected chi connectivity index (χ1v) is 6.97. The summed E-state index contributed by atoms with van der Waals surface area (Å²) in [5.41, 5.74) is 1.05. The fourth-order valence-electron chi connectivity index (χ4n) is 1.76. The van der Waals surface area contributed by atoms with Crippen LogP contribution in [0.5, 0.6) is 11.5 Å². The van der Waals surface area contributed by atoms with Crippen LogP contribution in [0.15, 0.2) is 18.2 Å². The summed E-state index contributed by atoms with van der Waals surface area (Å²) >= 11 is 0. The average molecular weight is 297 g/mol. The lowest BCUT2D eigenvalue weighted by molar-refractivity contribution is -0.139. The van der Waals surface area contributed by atoms with Crippen LogP contribution in [0.25, 0.3) is 0 Å². The van der Waals surface area contributed by atoms with E-state index < -0.39 is 5.97 Å². The number of hydrogen-bond donors (Lipinski definition) is 2. The van der Waals surface area contributed by atoms with Crippen molar-refractivity contribution in [2.24, 2.45) is 0 Å². The lowest BCUT2D eigenvalue weighted by atomic mass is 10.2. The quantitative estimate of drug-likeness (QED) is 0.605. The van der Waals surface area contributed by atoms with Gasteiger partial charge in [-0.3, -0.25) is 0 Å². The Bertz CT molecular complexity index is 436. The Hall–Kier alpha value is -1.79. The zero-order chi connectivity index (χ0) is 15.5. The highest BCUT2D eigenvalue weighted by Gasteiger charge is 2.08. The first kappa shape index (κ1) is 17.3. The summed E-state index contributed by atoms with van der Waals surface area (Å²) in [5, 5.41) is 12.0. The van der Waals surface area contributed by atoms with Crippen molar-refractivity contribution in [1.29, 1.82) is 0 Å². The van der Waals surface area contributed by atoms with E-state index in [4.69, 9.17) is 19.3 Å². The molecule has 0 radical (unpaired) electrons. The van der Waals surface area contributed by atoms with Crippen LogP contribution in [0, 0.1) is 0 Å². The van der Waals surface area contributed by atoms with Crippen LogP contribution in [0.1, 0.15) is 18.9 Å². The molecular weight excluding hydrogens is 274 g/mol. The Morgan fingerprint density at radius 3 is 2.76 bits per heavy atom. The molecule has 6 heteroatoms. The van der Waals surface area contributed by atoms with Gasteiger partial charge in [-0.2, -0.15) is 0 Å². The van der Waals surface area contributed by atoms with Crippen molar-refractivity contribution in [3.05, 3.63) is 23.8 Å². The monoisotopic (exact) mass is 297 g/mol. The molecule has 0 saturated heterocycles. The lowest BCUT2D eigenvalue weighted by Crippen LogP contribution is -2.16. The summed E-state index contributed by atoms with van der Waals surface area (Å²) in [4.78, 5) is 10.6. The number of benzene rings is 1. The van der Waals surface area contributed by atoms with Crippen LogP contribution < -0.4 is 14.8 Å². The van der Waals surface area contributed by atoms with Crippen molar-refractivity contribution in [2.75, 3.05) is 33.5 Å². The molecule has 0 aromatic heterocycles. The minimum Gasteiger partial charge on any atom is -0.490 e. The van der Waals surface area contributed by atoms with E-state index in [2.05, 4.69) is 5.32 Å². The number of hydrogen-bond acceptors (Lipinski definition) is 5. The second-order valence-corrected chi connectivity index (χ2v) is 4.42. The highest BCUT2D eigenvalue weighted by molar-refractivity contribution is 5.68. The van der Waals surface area contributed by atoms with E-state index in [1.54, 1.807) is 13.2 Å². The van der Waals surface area contributed by atoms with Gasteiger partial charge in [0.05, 0.1) is 6.61 Å². The fraction of sp³-hybridized carbons (Fsp3) is 0.533. The molecule has 1 aromatic carbocycles. The van der Waals surface area contributed by atoms with Crippen molar-refractivity contribution in [1.82, 2.24) is 5.32 Å². The highest BCUT2D eigenvalue weighted by Crippen LogP contribution is 2.28. The third kappa shape index (κ3) is 6.97. The van der Waals surface area contributed by atoms with Crippen LogP contribution in [-0.4, -0.2) is 44.6 Å². The number of carbonyl (C=O) groups is 1. The molecule has 1 aromatic rings. The second-order valence-electron chi connectivity index (χ2n) is 4.42. The van der Waals surface area contributed by atoms with Gasteiger partial charge in [0.2, 0.25) is 0 Å². The highest BCUT2D eigenvalue weighted by atomic mass is 16.5. The third-order valence-corrected chi connectivity index (χ3v) is 2.69. The Labute approximate surface area is 125 Å². The molecule has 21 heavy (non-hydrogen) atoms. The van der Waals surface area contributed by atoms with E-state index in [0.717, 1.165) is 25.1 Å². The smallest absolute Gasteiger partial charge is 0.341 e. The molecule has 0 aliphatic heterocycles. The maximum atomic E-state index is 10.6. The summed E-state index contributed by atoms with van der Waals surface area (Å²) in [6.45, 7) is 4.30. The molecular formula is C15H23NO5. The van der Waals surface area contributed by atoms with Gasteiger partial charge in [-0.25, -0.2) is 4.79 Å². The molecule has 0 spiro atoms. The molecule has 6 nitrogen and oxygen atoms in total. The molecule has 0 atom stereocenters. The average Bonchev–Trinajstić information content (AvgIpc) is 2.46. The van der Waals surface area contributed by atoms with Gasteiger partial charge in [0.15, 0.2) is 18.1 Å². The summed E-state index contributed by atoms with van der Waals surface area (Å²) in [7, 11) is 1.68. The molecule has 0 aliphatic rings. The number of carboxylic acid groups (broad SMARTS) is 1. The van der Waals surface area contributed by atoms with E-state index in [0.29, 0.717) is 24.7 Å². The molecule has 1 rings (SSSR count). The third-order valence-electron chi connectivity index (χ3n) is 2.69. The van der Waals surface area contributed by atoms with Gasteiger partial charge >= 0.3 is 5.97 Å². The standard InChI is InChI=1S/C15H23NO5/c1-3-20-14-9-12(10-16-7-4-8-19-2)5-6-13(14)21-11-15(17)18/h5-6,9,16H,3-4,7-8,10-11H2,1-2H3,(H,17,18). The molecule has 118 valence electrons. The lowest BCUT2D eigenvalue weighted by Gasteiger charge is -2.12. The minimum atomic E-state index is -1.01. The number of methoxy groups -OCH3 is 1. The van der Waals surface area contributed by atoms with Crippen molar-refractivity contribution in [2.45, 2.75) is 19.9 Å². The zero-order valence-corrected chi connectivity index (χ0v) is 12.6. The van der Waals surface area contributed by atoms with Gasteiger partial charge in [0, 0.05) is 20.3 Å². The molecule has 0 heterocycles.